The molecule has 0 amide bonds. The van der Waals surface area contributed by atoms with Crippen molar-refractivity contribution in [3.05, 3.63) is 0 Å². The van der Waals surface area contributed by atoms with Gasteiger partial charge in [0.05, 0.1) is 5.25 Å². The van der Waals surface area contributed by atoms with E-state index >= 15 is 0 Å². The van der Waals surface area contributed by atoms with Gasteiger partial charge in [-0.3, -0.25) is 0 Å². The minimum absolute atomic E-state index is 0.0451. The summed E-state index contributed by atoms with van der Waals surface area (Å²) in [6, 6.07) is 0.817. The van der Waals surface area contributed by atoms with E-state index in [2.05, 4.69) is 5.32 Å². The molecule has 4 nitrogen and oxygen atoms in total. The number of sulfonamides is 1. The molecule has 0 aromatic heterocycles. The van der Waals surface area contributed by atoms with E-state index in [0.29, 0.717) is 25.2 Å². The van der Waals surface area contributed by atoms with Crippen molar-refractivity contribution in [3.63, 3.8) is 0 Å². The Labute approximate surface area is 91.1 Å². The van der Waals surface area contributed by atoms with Crippen molar-refractivity contribution in [2.45, 2.75) is 49.4 Å². The highest BCUT2D eigenvalue weighted by atomic mass is 32.2. The molecule has 86 valence electrons. The predicted molar refractivity (Wildman–Crippen MR) is 58.1 cm³/mol. The minimum atomic E-state index is -2.94. The van der Waals surface area contributed by atoms with E-state index in [-0.39, 0.29) is 5.25 Å². The van der Waals surface area contributed by atoms with Crippen LogP contribution >= 0.6 is 0 Å². The Bertz CT molecular complexity index is 338. The van der Waals surface area contributed by atoms with E-state index in [1.54, 1.807) is 4.31 Å². The lowest BCUT2D eigenvalue weighted by atomic mass is 9.96. The maximum atomic E-state index is 12.1. The van der Waals surface area contributed by atoms with E-state index in [0.717, 1.165) is 25.7 Å². The molecule has 2 heterocycles. The normalized spacial score (nSPS) is 37.9. The van der Waals surface area contributed by atoms with E-state index < -0.39 is 10.0 Å². The number of rotatable bonds is 2. The molecule has 3 rings (SSSR count). The summed E-state index contributed by atoms with van der Waals surface area (Å²) in [6.45, 7) is 1.41. The first-order chi connectivity index (χ1) is 7.16. The molecule has 0 radical (unpaired) electrons. The average molecular weight is 230 g/mol. The summed E-state index contributed by atoms with van der Waals surface area (Å²) in [5, 5.41) is 3.46. The zero-order valence-electron chi connectivity index (χ0n) is 8.85. The van der Waals surface area contributed by atoms with Gasteiger partial charge in [0.25, 0.3) is 0 Å². The smallest absolute Gasteiger partial charge is 0.217 e. The van der Waals surface area contributed by atoms with Crippen LogP contribution < -0.4 is 5.32 Å². The van der Waals surface area contributed by atoms with Gasteiger partial charge in [-0.25, -0.2) is 8.42 Å². The van der Waals surface area contributed by atoms with E-state index in [4.69, 9.17) is 0 Å². The van der Waals surface area contributed by atoms with Crippen LogP contribution in [0.25, 0.3) is 0 Å². The summed E-state index contributed by atoms with van der Waals surface area (Å²) in [7, 11) is -2.94. The zero-order valence-corrected chi connectivity index (χ0v) is 9.67. The molecule has 2 atom stereocenters. The molecule has 2 bridgehead atoms. The van der Waals surface area contributed by atoms with Crippen molar-refractivity contribution in [3.8, 4) is 0 Å². The van der Waals surface area contributed by atoms with Gasteiger partial charge in [0.1, 0.15) is 0 Å². The van der Waals surface area contributed by atoms with Gasteiger partial charge < -0.3 is 5.32 Å². The van der Waals surface area contributed by atoms with Crippen molar-refractivity contribution in [2.75, 3.05) is 13.1 Å². The fraction of sp³-hybridized carbons (Fsp3) is 1.00. The van der Waals surface area contributed by atoms with Gasteiger partial charge in [0, 0.05) is 25.2 Å². The van der Waals surface area contributed by atoms with Crippen LogP contribution in [-0.4, -0.2) is 43.1 Å². The summed E-state index contributed by atoms with van der Waals surface area (Å²) in [4.78, 5) is 0. The van der Waals surface area contributed by atoms with Crippen LogP contribution in [0.4, 0.5) is 0 Å². The van der Waals surface area contributed by atoms with Gasteiger partial charge in [-0.2, -0.15) is 4.31 Å². The van der Waals surface area contributed by atoms with Gasteiger partial charge in [0.2, 0.25) is 10.0 Å². The fourth-order valence-corrected chi connectivity index (χ4v) is 4.68. The number of hydrogen-bond acceptors (Lipinski definition) is 3. The second kappa shape index (κ2) is 3.43. The standard InChI is InChI=1S/C10H18N2O2S/c13-15(14,10-4-5-10)12-6-8-2-1-3-9(7-12)11-8/h8-11H,1-7H2. The van der Waals surface area contributed by atoms with Crippen LogP contribution in [0.2, 0.25) is 0 Å². The lowest BCUT2D eigenvalue weighted by Gasteiger charge is -2.41. The third kappa shape index (κ3) is 1.81. The molecule has 2 aliphatic heterocycles. The van der Waals surface area contributed by atoms with Gasteiger partial charge in [-0.1, -0.05) is 6.42 Å². The number of fused-ring (bicyclic) bond motifs is 2. The Morgan fingerprint density at radius 1 is 1.00 bits per heavy atom. The van der Waals surface area contributed by atoms with Crippen molar-refractivity contribution < 1.29 is 8.42 Å². The predicted octanol–water partition coefficient (Wildman–Crippen LogP) is 0.305. The molecule has 1 N–H and O–H groups in total. The third-order valence-electron chi connectivity index (χ3n) is 3.73. The number of piperazine rings is 1. The molecule has 0 aromatic rings. The Morgan fingerprint density at radius 2 is 1.60 bits per heavy atom. The first-order valence-electron chi connectivity index (χ1n) is 5.91. The first kappa shape index (κ1) is 10.1. The Hall–Kier alpha value is -0.130. The quantitative estimate of drug-likeness (QED) is 0.742. The Kier molecular flexibility index (Phi) is 2.30. The molecule has 2 saturated heterocycles. The topological polar surface area (TPSA) is 49.4 Å². The maximum Gasteiger partial charge on any atom is 0.217 e. The van der Waals surface area contributed by atoms with Crippen LogP contribution in [0.15, 0.2) is 0 Å². The highest BCUT2D eigenvalue weighted by Crippen LogP contribution is 2.33. The second-order valence-electron chi connectivity index (χ2n) is 5.05. The van der Waals surface area contributed by atoms with E-state index in [1.165, 1.54) is 6.42 Å². The molecular formula is C10H18N2O2S. The molecule has 15 heavy (non-hydrogen) atoms. The molecule has 2 unspecified atom stereocenters. The molecule has 1 saturated carbocycles. The van der Waals surface area contributed by atoms with Gasteiger partial charge in [-0.05, 0) is 25.7 Å². The third-order valence-corrected chi connectivity index (χ3v) is 6.06. The first-order valence-corrected chi connectivity index (χ1v) is 7.41. The highest BCUT2D eigenvalue weighted by Gasteiger charge is 2.43. The van der Waals surface area contributed by atoms with Crippen LogP contribution in [0, 0.1) is 0 Å². The minimum Gasteiger partial charge on any atom is -0.309 e. The van der Waals surface area contributed by atoms with Gasteiger partial charge in [-0.15, -0.1) is 0 Å². The SMILES string of the molecule is O=S(=O)(C1CC1)N1CC2CCCC(C1)N2. The molecule has 0 aromatic carbocycles. The average Bonchev–Trinajstić information content (AvgIpc) is 3.00. The highest BCUT2D eigenvalue weighted by molar-refractivity contribution is 7.90. The Morgan fingerprint density at radius 3 is 2.13 bits per heavy atom. The molecule has 5 heteroatoms. The van der Waals surface area contributed by atoms with E-state index in [1.807, 2.05) is 0 Å². The fourth-order valence-electron chi connectivity index (χ4n) is 2.75. The number of piperidine rings is 1. The summed E-state index contributed by atoms with van der Waals surface area (Å²) in [5.41, 5.74) is 0. The summed E-state index contributed by atoms with van der Waals surface area (Å²) in [5.74, 6) is 0. The van der Waals surface area contributed by atoms with Crippen molar-refractivity contribution in [1.29, 1.82) is 0 Å². The monoisotopic (exact) mass is 230 g/mol. The largest absolute Gasteiger partial charge is 0.309 e. The molecule has 0 spiro atoms. The molecule has 3 aliphatic rings. The number of nitrogens with one attached hydrogen (secondary N) is 1. The van der Waals surface area contributed by atoms with Crippen LogP contribution in [0.3, 0.4) is 0 Å². The number of nitrogens with zero attached hydrogens (tertiary/aromatic N) is 1. The van der Waals surface area contributed by atoms with Crippen molar-refractivity contribution in [1.82, 2.24) is 9.62 Å². The van der Waals surface area contributed by atoms with E-state index in [9.17, 15) is 8.42 Å². The zero-order chi connectivity index (χ0) is 10.5. The lowest BCUT2D eigenvalue weighted by molar-refractivity contribution is 0.190. The van der Waals surface area contributed by atoms with Crippen LogP contribution in [0.1, 0.15) is 32.1 Å². The summed E-state index contributed by atoms with van der Waals surface area (Å²) >= 11 is 0. The van der Waals surface area contributed by atoms with Gasteiger partial charge >= 0.3 is 0 Å². The molecule has 1 aliphatic carbocycles. The van der Waals surface area contributed by atoms with Gasteiger partial charge in [0.15, 0.2) is 0 Å². The number of hydrogen-bond donors (Lipinski definition) is 1. The van der Waals surface area contributed by atoms with Crippen molar-refractivity contribution >= 4 is 10.0 Å². The van der Waals surface area contributed by atoms with Crippen LogP contribution in [0.5, 0.6) is 0 Å². The summed E-state index contributed by atoms with van der Waals surface area (Å²) < 4.78 is 25.9. The molecular weight excluding hydrogens is 212 g/mol. The van der Waals surface area contributed by atoms with Crippen LogP contribution in [-0.2, 0) is 10.0 Å². The molecule has 3 fully saturated rings. The summed E-state index contributed by atoms with van der Waals surface area (Å²) in [6.07, 6.45) is 5.27. The second-order valence-corrected chi connectivity index (χ2v) is 7.27. The Balaban J connectivity index is 1.77. The lowest BCUT2D eigenvalue weighted by Crippen LogP contribution is -2.60. The van der Waals surface area contributed by atoms with Crippen molar-refractivity contribution in [2.24, 2.45) is 0 Å². The maximum absolute atomic E-state index is 12.1.